The Hall–Kier alpha value is -0.340. The Morgan fingerprint density at radius 3 is 1.86 bits per heavy atom. The first-order valence-corrected chi connectivity index (χ1v) is 10.5. The van der Waals surface area contributed by atoms with Gasteiger partial charge in [0.15, 0.2) is 0 Å². The van der Waals surface area contributed by atoms with E-state index in [1.54, 1.807) is 6.92 Å². The van der Waals surface area contributed by atoms with Crippen LogP contribution in [0.25, 0.3) is 0 Å². The van der Waals surface area contributed by atoms with Crippen LogP contribution in [0.2, 0.25) is 0 Å². The summed E-state index contributed by atoms with van der Waals surface area (Å²) in [5.74, 6) is -3.14. The Morgan fingerprint density at radius 1 is 0.821 bits per heavy atom. The number of halogens is 2. The van der Waals surface area contributed by atoms with Crippen LogP contribution in [0.4, 0.5) is 8.78 Å². The molecule has 0 aromatic carbocycles. The molecule has 0 aromatic heterocycles. The van der Waals surface area contributed by atoms with Crippen LogP contribution in [0.15, 0.2) is 0 Å². The van der Waals surface area contributed by atoms with E-state index in [1.807, 2.05) is 34.6 Å². The lowest BCUT2D eigenvalue weighted by molar-refractivity contribution is -0.200. The number of aliphatic hydroxyl groups is 2. The van der Waals surface area contributed by atoms with Crippen molar-refractivity contribution in [3.05, 3.63) is 0 Å². The van der Waals surface area contributed by atoms with Crippen LogP contribution in [0.1, 0.15) is 73.6 Å². The molecule has 0 rings (SSSR count). The van der Waals surface area contributed by atoms with Crippen molar-refractivity contribution in [1.82, 2.24) is 0 Å². The maximum atomic E-state index is 14.5. The summed E-state index contributed by atoms with van der Waals surface area (Å²) in [4.78, 5) is 0. The van der Waals surface area contributed by atoms with E-state index < -0.39 is 35.8 Å². The fraction of sp³-hybridized carbons (Fsp3) is 1.00. The molecule has 5 nitrogen and oxygen atoms in total. The maximum Gasteiger partial charge on any atom is 0.296 e. The zero-order valence-corrected chi connectivity index (χ0v) is 18.6. The molecule has 0 fully saturated rings. The van der Waals surface area contributed by atoms with Crippen LogP contribution in [-0.4, -0.2) is 67.0 Å². The molecule has 0 aliphatic carbocycles. The standard InChI is InChI=1S/C21H42F2O5/c1-7-17(27-16-21(22,23)18(8-2)26-14-13-25)19(5,9-3)15-28-20(6,10-4)11-12-24/h17-18,24-25H,7-16H2,1-6H3/t17?,18?,19-,20?/m1/s1. The quantitative estimate of drug-likeness (QED) is 0.375. The van der Waals surface area contributed by atoms with E-state index in [1.165, 1.54) is 0 Å². The van der Waals surface area contributed by atoms with Gasteiger partial charge in [0.2, 0.25) is 0 Å². The highest BCUT2D eigenvalue weighted by atomic mass is 19.3. The largest absolute Gasteiger partial charge is 0.396 e. The third-order valence-electron chi connectivity index (χ3n) is 5.82. The summed E-state index contributed by atoms with van der Waals surface area (Å²) in [6, 6.07) is 0. The summed E-state index contributed by atoms with van der Waals surface area (Å²) < 4.78 is 46.0. The Labute approximate surface area is 169 Å². The van der Waals surface area contributed by atoms with Gasteiger partial charge in [0, 0.05) is 12.0 Å². The van der Waals surface area contributed by atoms with E-state index in [2.05, 4.69) is 0 Å². The van der Waals surface area contributed by atoms with Gasteiger partial charge < -0.3 is 24.4 Å². The SMILES string of the molecule is CCC(OCCO)C(F)(F)COC(CC)[C@](C)(CC)COC(C)(CC)CCO. The molecule has 4 atom stereocenters. The molecule has 0 heterocycles. The van der Waals surface area contributed by atoms with Gasteiger partial charge in [-0.1, -0.05) is 34.6 Å². The number of hydrogen-bond donors (Lipinski definition) is 2. The molecule has 170 valence electrons. The molecule has 0 spiro atoms. The number of aliphatic hydroxyl groups excluding tert-OH is 2. The molecule has 0 radical (unpaired) electrons. The predicted octanol–water partition coefficient (Wildman–Crippen LogP) is 4.19. The Kier molecular flexibility index (Phi) is 12.9. The van der Waals surface area contributed by atoms with E-state index in [0.717, 1.165) is 6.42 Å². The molecule has 28 heavy (non-hydrogen) atoms. The van der Waals surface area contributed by atoms with Crippen LogP contribution in [0, 0.1) is 5.41 Å². The van der Waals surface area contributed by atoms with Crippen molar-refractivity contribution in [2.45, 2.75) is 97.4 Å². The summed E-state index contributed by atoms with van der Waals surface area (Å²) in [7, 11) is 0. The molecule has 3 unspecified atom stereocenters. The highest BCUT2D eigenvalue weighted by Gasteiger charge is 2.43. The van der Waals surface area contributed by atoms with Gasteiger partial charge in [0.05, 0.1) is 31.5 Å². The smallest absolute Gasteiger partial charge is 0.296 e. The molecule has 0 saturated heterocycles. The summed E-state index contributed by atoms with van der Waals surface area (Å²) >= 11 is 0. The van der Waals surface area contributed by atoms with Crippen molar-refractivity contribution in [1.29, 1.82) is 0 Å². The second kappa shape index (κ2) is 13.1. The molecule has 0 bridgehead atoms. The second-order valence-electron chi connectivity index (χ2n) is 8.03. The van der Waals surface area contributed by atoms with Crippen LogP contribution >= 0.6 is 0 Å². The summed E-state index contributed by atoms with van der Waals surface area (Å²) in [5, 5.41) is 18.1. The first-order chi connectivity index (χ1) is 13.1. The number of hydrogen-bond acceptors (Lipinski definition) is 5. The molecular weight excluding hydrogens is 370 g/mol. The minimum Gasteiger partial charge on any atom is -0.396 e. The summed E-state index contributed by atoms with van der Waals surface area (Å²) in [6.07, 6.45) is 1.04. The predicted molar refractivity (Wildman–Crippen MR) is 107 cm³/mol. The fourth-order valence-corrected chi connectivity index (χ4v) is 3.20. The Bertz CT molecular complexity index is 410. The van der Waals surface area contributed by atoms with Crippen LogP contribution < -0.4 is 0 Å². The second-order valence-corrected chi connectivity index (χ2v) is 8.03. The van der Waals surface area contributed by atoms with E-state index in [9.17, 15) is 13.9 Å². The summed E-state index contributed by atoms with van der Waals surface area (Å²) in [5.41, 5.74) is -0.872. The van der Waals surface area contributed by atoms with Crippen molar-refractivity contribution in [2.75, 3.05) is 33.0 Å². The van der Waals surface area contributed by atoms with Gasteiger partial charge in [0.1, 0.15) is 12.7 Å². The van der Waals surface area contributed by atoms with E-state index in [-0.39, 0.29) is 26.2 Å². The first-order valence-electron chi connectivity index (χ1n) is 10.5. The van der Waals surface area contributed by atoms with Gasteiger partial charge >= 0.3 is 0 Å². The lowest BCUT2D eigenvalue weighted by atomic mass is 9.80. The third-order valence-corrected chi connectivity index (χ3v) is 5.82. The maximum absolute atomic E-state index is 14.5. The van der Waals surface area contributed by atoms with E-state index >= 15 is 0 Å². The molecule has 0 aliphatic rings. The third kappa shape index (κ3) is 8.57. The molecule has 0 aromatic rings. The van der Waals surface area contributed by atoms with Crippen LogP contribution in [-0.2, 0) is 14.2 Å². The van der Waals surface area contributed by atoms with Crippen molar-refractivity contribution >= 4 is 0 Å². The van der Waals surface area contributed by atoms with Crippen molar-refractivity contribution < 1.29 is 33.2 Å². The van der Waals surface area contributed by atoms with Gasteiger partial charge in [-0.25, -0.2) is 8.78 Å². The van der Waals surface area contributed by atoms with Crippen molar-refractivity contribution in [2.24, 2.45) is 5.41 Å². The highest BCUT2D eigenvalue weighted by molar-refractivity contribution is 4.86. The molecule has 2 N–H and O–H groups in total. The molecule has 7 heteroatoms. The van der Waals surface area contributed by atoms with Crippen LogP contribution in [0.3, 0.4) is 0 Å². The van der Waals surface area contributed by atoms with Gasteiger partial charge in [-0.05, 0) is 39.0 Å². The molecule has 0 saturated carbocycles. The monoisotopic (exact) mass is 412 g/mol. The lowest BCUT2D eigenvalue weighted by Gasteiger charge is -2.40. The molecular formula is C21H42F2O5. The fourth-order valence-electron chi connectivity index (χ4n) is 3.20. The van der Waals surface area contributed by atoms with E-state index in [0.29, 0.717) is 25.9 Å². The lowest BCUT2D eigenvalue weighted by Crippen LogP contribution is -2.46. The van der Waals surface area contributed by atoms with Crippen molar-refractivity contribution in [3.8, 4) is 0 Å². The zero-order valence-electron chi connectivity index (χ0n) is 18.6. The highest BCUT2D eigenvalue weighted by Crippen LogP contribution is 2.35. The minimum atomic E-state index is -3.14. The topological polar surface area (TPSA) is 68.2 Å². The average Bonchev–Trinajstić information content (AvgIpc) is 2.67. The summed E-state index contributed by atoms with van der Waals surface area (Å²) in [6.45, 7) is 10.8. The number of rotatable bonds is 17. The molecule has 0 aliphatic heterocycles. The average molecular weight is 413 g/mol. The molecule has 0 amide bonds. The normalized spacial score (nSPS) is 19.1. The zero-order chi connectivity index (χ0) is 21.8. The number of alkyl halides is 2. The van der Waals surface area contributed by atoms with E-state index in [4.69, 9.17) is 19.3 Å². The van der Waals surface area contributed by atoms with Crippen LogP contribution in [0.5, 0.6) is 0 Å². The number of ether oxygens (including phenoxy) is 3. The minimum absolute atomic E-state index is 0.0410. The van der Waals surface area contributed by atoms with Gasteiger partial charge in [-0.15, -0.1) is 0 Å². The first kappa shape index (κ1) is 27.7. The van der Waals surface area contributed by atoms with Gasteiger partial charge in [-0.2, -0.15) is 0 Å². The van der Waals surface area contributed by atoms with Gasteiger partial charge in [0.25, 0.3) is 5.92 Å². The van der Waals surface area contributed by atoms with Gasteiger partial charge in [-0.3, -0.25) is 0 Å². The Morgan fingerprint density at radius 2 is 1.43 bits per heavy atom. The van der Waals surface area contributed by atoms with Crippen molar-refractivity contribution in [3.63, 3.8) is 0 Å². The Balaban J connectivity index is 5.07.